The highest BCUT2D eigenvalue weighted by molar-refractivity contribution is 5.21. The van der Waals surface area contributed by atoms with Gasteiger partial charge in [-0.05, 0) is 68.1 Å². The van der Waals surface area contributed by atoms with Gasteiger partial charge in [0.1, 0.15) is 6.61 Å². The zero-order chi connectivity index (χ0) is 16.0. The van der Waals surface area contributed by atoms with Crippen molar-refractivity contribution in [3.8, 4) is 0 Å². The van der Waals surface area contributed by atoms with Gasteiger partial charge >= 0.3 is 0 Å². The van der Waals surface area contributed by atoms with E-state index in [0.29, 0.717) is 23.4 Å². The molecule has 3 nitrogen and oxygen atoms in total. The topological polar surface area (TPSA) is 27.7 Å². The molecule has 7 atom stereocenters. The van der Waals surface area contributed by atoms with E-state index in [2.05, 4.69) is 27.7 Å². The first-order valence-corrected chi connectivity index (χ1v) is 9.05. The van der Waals surface area contributed by atoms with Crippen molar-refractivity contribution in [2.45, 2.75) is 77.8 Å². The summed E-state index contributed by atoms with van der Waals surface area (Å²) in [6, 6.07) is 0. The molecule has 0 radical (unpaired) electrons. The van der Waals surface area contributed by atoms with E-state index in [0.717, 1.165) is 11.8 Å². The summed E-state index contributed by atoms with van der Waals surface area (Å²) in [5, 5.41) is 0. The van der Waals surface area contributed by atoms with Crippen LogP contribution in [0.15, 0.2) is 0 Å². The highest BCUT2D eigenvalue weighted by Gasteiger charge is 2.74. The number of methoxy groups -OCH3 is 1. The third-order valence-electron chi connectivity index (χ3n) is 8.07. The standard InChI is InChI=1S/C19H32O3/c1-12-7-8-13-16(2,3)14-9-19(12,13)10-15-18(14,5)22-17(4,21-15)11-20-6/h12-15H,7-11H2,1-6H3/t12-,13+,14+,15+,17+,18-,19-/m1/s1. The summed E-state index contributed by atoms with van der Waals surface area (Å²) in [6.07, 6.45) is 5.50. The maximum atomic E-state index is 6.60. The number of hydrogen-bond donors (Lipinski definition) is 0. The van der Waals surface area contributed by atoms with Gasteiger partial charge in [0.2, 0.25) is 0 Å². The third kappa shape index (κ3) is 1.63. The fourth-order valence-corrected chi connectivity index (χ4v) is 7.23. The van der Waals surface area contributed by atoms with E-state index in [-0.39, 0.29) is 11.7 Å². The quantitative estimate of drug-likeness (QED) is 0.771. The molecular formula is C19H32O3. The first-order chi connectivity index (χ1) is 10.2. The lowest BCUT2D eigenvalue weighted by Crippen LogP contribution is -2.52. The summed E-state index contributed by atoms with van der Waals surface area (Å²) in [5.41, 5.74) is 0.669. The van der Waals surface area contributed by atoms with Gasteiger partial charge in [0.25, 0.3) is 0 Å². The molecule has 0 aromatic rings. The van der Waals surface area contributed by atoms with Crippen molar-refractivity contribution in [3.63, 3.8) is 0 Å². The lowest BCUT2D eigenvalue weighted by Gasteiger charge is -2.47. The Morgan fingerprint density at radius 3 is 2.45 bits per heavy atom. The summed E-state index contributed by atoms with van der Waals surface area (Å²) in [5.74, 6) is 1.67. The molecular weight excluding hydrogens is 276 g/mol. The molecule has 1 aliphatic heterocycles. The summed E-state index contributed by atoms with van der Waals surface area (Å²) in [4.78, 5) is 0. The van der Waals surface area contributed by atoms with E-state index in [1.165, 1.54) is 25.7 Å². The Balaban J connectivity index is 1.75. The van der Waals surface area contributed by atoms with E-state index < -0.39 is 5.79 Å². The predicted octanol–water partition coefficient (Wildman–Crippen LogP) is 4.01. The van der Waals surface area contributed by atoms with Crippen LogP contribution in [0.2, 0.25) is 0 Å². The molecule has 0 unspecified atom stereocenters. The second-order valence-electron chi connectivity index (χ2n) is 9.51. The van der Waals surface area contributed by atoms with Gasteiger partial charge in [-0.15, -0.1) is 0 Å². The predicted molar refractivity (Wildman–Crippen MR) is 85.5 cm³/mol. The van der Waals surface area contributed by atoms with Crippen LogP contribution in [-0.4, -0.2) is 31.2 Å². The van der Waals surface area contributed by atoms with E-state index >= 15 is 0 Å². The molecule has 1 spiro atoms. The Morgan fingerprint density at radius 2 is 1.77 bits per heavy atom. The minimum absolute atomic E-state index is 0.161. The molecule has 0 aromatic heterocycles. The summed E-state index contributed by atoms with van der Waals surface area (Å²) in [7, 11) is 1.73. The Labute approximate surface area is 135 Å². The van der Waals surface area contributed by atoms with Crippen LogP contribution in [0.25, 0.3) is 0 Å². The van der Waals surface area contributed by atoms with Gasteiger partial charge in [0, 0.05) is 7.11 Å². The zero-order valence-corrected chi connectivity index (χ0v) is 15.1. The normalized spacial score (nSPS) is 58.6. The molecule has 4 aliphatic rings. The summed E-state index contributed by atoms with van der Waals surface area (Å²) >= 11 is 0. The molecule has 0 aromatic carbocycles. The molecule has 3 heteroatoms. The van der Waals surface area contributed by atoms with Crippen LogP contribution >= 0.6 is 0 Å². The smallest absolute Gasteiger partial charge is 0.190 e. The second-order valence-corrected chi connectivity index (χ2v) is 9.51. The fourth-order valence-electron chi connectivity index (χ4n) is 7.23. The molecule has 1 heterocycles. The van der Waals surface area contributed by atoms with Gasteiger partial charge in [0.15, 0.2) is 5.79 Å². The second kappa shape index (κ2) is 4.29. The molecule has 126 valence electrons. The van der Waals surface area contributed by atoms with E-state index in [4.69, 9.17) is 14.2 Å². The van der Waals surface area contributed by atoms with Crippen molar-refractivity contribution in [1.29, 1.82) is 0 Å². The molecule has 2 bridgehead atoms. The van der Waals surface area contributed by atoms with Crippen molar-refractivity contribution in [3.05, 3.63) is 0 Å². The fraction of sp³-hybridized carbons (Fsp3) is 1.00. The third-order valence-corrected chi connectivity index (χ3v) is 8.07. The molecule has 0 N–H and O–H groups in total. The highest BCUT2D eigenvalue weighted by Crippen LogP contribution is 2.75. The van der Waals surface area contributed by atoms with Crippen molar-refractivity contribution < 1.29 is 14.2 Å². The minimum atomic E-state index is -0.581. The van der Waals surface area contributed by atoms with Crippen molar-refractivity contribution in [1.82, 2.24) is 0 Å². The van der Waals surface area contributed by atoms with Gasteiger partial charge in [-0.25, -0.2) is 0 Å². The van der Waals surface area contributed by atoms with Crippen LogP contribution < -0.4 is 0 Å². The largest absolute Gasteiger partial charge is 0.379 e. The molecule has 3 saturated carbocycles. The monoisotopic (exact) mass is 308 g/mol. The van der Waals surface area contributed by atoms with Crippen molar-refractivity contribution in [2.24, 2.45) is 28.6 Å². The average molecular weight is 308 g/mol. The molecule has 0 amide bonds. The van der Waals surface area contributed by atoms with Gasteiger partial charge in [-0.1, -0.05) is 20.8 Å². The van der Waals surface area contributed by atoms with Crippen LogP contribution in [-0.2, 0) is 14.2 Å². The first kappa shape index (κ1) is 15.4. The molecule has 4 rings (SSSR count). The van der Waals surface area contributed by atoms with Crippen LogP contribution in [0.3, 0.4) is 0 Å². The lowest BCUT2D eigenvalue weighted by molar-refractivity contribution is -0.212. The molecule has 1 saturated heterocycles. The lowest BCUT2D eigenvalue weighted by atomic mass is 9.63. The van der Waals surface area contributed by atoms with Crippen molar-refractivity contribution in [2.75, 3.05) is 13.7 Å². The summed E-state index contributed by atoms with van der Waals surface area (Å²) < 4.78 is 18.4. The average Bonchev–Trinajstić information content (AvgIpc) is 2.92. The Hall–Kier alpha value is -0.120. The Kier molecular flexibility index (Phi) is 3.00. The highest BCUT2D eigenvalue weighted by atomic mass is 16.8. The van der Waals surface area contributed by atoms with E-state index in [9.17, 15) is 0 Å². The maximum absolute atomic E-state index is 6.60. The van der Waals surface area contributed by atoms with Gasteiger partial charge in [-0.3, -0.25) is 0 Å². The molecule has 3 aliphatic carbocycles. The van der Waals surface area contributed by atoms with Gasteiger partial charge < -0.3 is 14.2 Å². The minimum Gasteiger partial charge on any atom is -0.379 e. The number of fused-ring (bicyclic) bond motifs is 3. The van der Waals surface area contributed by atoms with Crippen LogP contribution in [0.4, 0.5) is 0 Å². The maximum Gasteiger partial charge on any atom is 0.190 e. The number of rotatable bonds is 2. The van der Waals surface area contributed by atoms with Crippen molar-refractivity contribution >= 4 is 0 Å². The zero-order valence-electron chi connectivity index (χ0n) is 15.1. The van der Waals surface area contributed by atoms with E-state index in [1.807, 2.05) is 6.92 Å². The van der Waals surface area contributed by atoms with Crippen LogP contribution in [0.1, 0.15) is 60.3 Å². The van der Waals surface area contributed by atoms with Crippen LogP contribution in [0.5, 0.6) is 0 Å². The molecule has 4 fully saturated rings. The SMILES string of the molecule is COC[C@@]1(C)O[C@H]2C[C@@]34C[C@@H](C(C)(C)[C@@H]3CC[C@H]4C)[C@@]2(C)O1. The Bertz CT molecular complexity index is 489. The number of ether oxygens (including phenoxy) is 3. The van der Waals surface area contributed by atoms with Crippen LogP contribution in [0, 0.1) is 28.6 Å². The first-order valence-electron chi connectivity index (χ1n) is 9.05. The van der Waals surface area contributed by atoms with Gasteiger partial charge in [0.05, 0.1) is 11.7 Å². The molecule has 22 heavy (non-hydrogen) atoms. The van der Waals surface area contributed by atoms with E-state index in [1.54, 1.807) is 7.11 Å². The Morgan fingerprint density at radius 1 is 1.05 bits per heavy atom. The van der Waals surface area contributed by atoms with Gasteiger partial charge in [-0.2, -0.15) is 0 Å². The number of hydrogen-bond acceptors (Lipinski definition) is 3. The summed E-state index contributed by atoms with van der Waals surface area (Å²) in [6.45, 7) is 12.3.